The number of benzene rings is 1. The van der Waals surface area contributed by atoms with Crippen LogP contribution < -0.4 is 11.1 Å². The zero-order valence-corrected chi connectivity index (χ0v) is 22.0. The first-order chi connectivity index (χ1) is 17.2. The van der Waals surface area contributed by atoms with Crippen molar-refractivity contribution >= 4 is 0 Å². The van der Waals surface area contributed by atoms with Crippen molar-refractivity contribution in [1.29, 1.82) is 0 Å². The van der Waals surface area contributed by atoms with Crippen LogP contribution in [0.25, 0.3) is 0 Å². The lowest BCUT2D eigenvalue weighted by Crippen LogP contribution is -2.77. The standard InChI is InChI=1S/C31H42N2O3/c1-29(2)26-11-12-31(36-29)22-6-4-5-20(15-22)24-9-7-19(8-10-27(31)30(26,32)13-14-34)25-17-23(35)16-21(18-33-3)28(24)25/h7,9,16-17,19-20,22,24,26-27,33-35H,4-6,11-15,18,32H2,1-3H3/t19-,20+,22-,24-,26-,27-,30-,31+/m0/s1. The summed E-state index contributed by atoms with van der Waals surface area (Å²) in [5.74, 6) is 8.90. The molecule has 2 aliphatic heterocycles. The second-order valence-electron chi connectivity index (χ2n) is 12.7. The Bertz CT molecular complexity index is 1130. The average molecular weight is 491 g/mol. The number of fused-ring (bicyclic) bond motifs is 2. The van der Waals surface area contributed by atoms with Crippen molar-refractivity contribution in [3.63, 3.8) is 0 Å². The molecule has 2 heterocycles. The van der Waals surface area contributed by atoms with Gasteiger partial charge in [0.15, 0.2) is 0 Å². The van der Waals surface area contributed by atoms with E-state index in [1.165, 1.54) is 24.0 Å². The fraction of sp³-hybridized carbons (Fsp3) is 0.677. The number of aromatic hydroxyl groups is 1. The SMILES string of the molecule is CNCc1cc(O)cc2c1[C@H]1C=C[C@H]2C#C[C@H]2[C@](N)(CCO)[C@H]3CC[C@@]2(OC3(C)C)[C@H]2CCC[C@@H]1C2. The summed E-state index contributed by atoms with van der Waals surface area (Å²) in [5.41, 5.74) is 9.76. The summed E-state index contributed by atoms with van der Waals surface area (Å²) in [6.45, 7) is 5.21. The zero-order chi connectivity index (χ0) is 25.3. The van der Waals surface area contributed by atoms with Gasteiger partial charge in [-0.05, 0) is 100 Å². The van der Waals surface area contributed by atoms with Crippen molar-refractivity contribution in [3.8, 4) is 17.6 Å². The second kappa shape index (κ2) is 8.60. The Kier molecular flexibility index (Phi) is 5.85. The quantitative estimate of drug-likeness (QED) is 0.373. The Balaban J connectivity index is 1.57. The van der Waals surface area contributed by atoms with E-state index >= 15 is 0 Å². The third-order valence-corrected chi connectivity index (χ3v) is 10.5. The predicted molar refractivity (Wildman–Crippen MR) is 141 cm³/mol. The number of ether oxygens (including phenoxy) is 1. The van der Waals surface area contributed by atoms with E-state index in [2.05, 4.69) is 43.2 Å². The molecule has 5 N–H and O–H groups in total. The van der Waals surface area contributed by atoms with Crippen LogP contribution in [-0.2, 0) is 11.3 Å². The number of hydrogen-bond acceptors (Lipinski definition) is 5. The Morgan fingerprint density at radius 3 is 2.75 bits per heavy atom. The summed E-state index contributed by atoms with van der Waals surface area (Å²) in [7, 11) is 1.97. The molecule has 194 valence electrons. The molecule has 2 saturated carbocycles. The smallest absolute Gasteiger partial charge is 0.116 e. The number of rotatable bonds is 4. The van der Waals surface area contributed by atoms with Crippen LogP contribution in [0.4, 0.5) is 0 Å². The Morgan fingerprint density at radius 1 is 1.17 bits per heavy atom. The van der Waals surface area contributed by atoms with Gasteiger partial charge >= 0.3 is 0 Å². The van der Waals surface area contributed by atoms with E-state index in [1.807, 2.05) is 19.2 Å². The molecule has 0 aromatic heterocycles. The minimum absolute atomic E-state index is 0.0696. The Labute approximate surface area is 215 Å². The van der Waals surface area contributed by atoms with Gasteiger partial charge in [0.2, 0.25) is 0 Å². The van der Waals surface area contributed by atoms with Crippen LogP contribution >= 0.6 is 0 Å². The molecule has 1 aromatic carbocycles. The minimum atomic E-state index is -0.580. The summed E-state index contributed by atoms with van der Waals surface area (Å²) < 4.78 is 7.18. The first-order valence-electron chi connectivity index (χ1n) is 14.0. The molecule has 4 fully saturated rings. The molecule has 0 radical (unpaired) electrons. The van der Waals surface area contributed by atoms with Gasteiger partial charge in [0.05, 0.1) is 23.0 Å². The van der Waals surface area contributed by atoms with Crippen LogP contribution in [-0.4, -0.2) is 40.6 Å². The van der Waals surface area contributed by atoms with Crippen LogP contribution in [0.15, 0.2) is 24.3 Å². The predicted octanol–water partition coefficient (Wildman–Crippen LogP) is 4.33. The summed E-state index contributed by atoms with van der Waals surface area (Å²) in [6, 6.07) is 3.87. The topological polar surface area (TPSA) is 87.7 Å². The van der Waals surface area contributed by atoms with Crippen molar-refractivity contribution in [2.45, 2.75) is 93.9 Å². The molecule has 5 nitrogen and oxygen atoms in total. The lowest BCUT2D eigenvalue weighted by molar-refractivity contribution is -0.306. The monoisotopic (exact) mass is 490 g/mol. The maximum Gasteiger partial charge on any atom is 0.116 e. The zero-order valence-electron chi connectivity index (χ0n) is 22.0. The first kappa shape index (κ1) is 24.5. The normalized spacial score (nSPS) is 41.6. The third-order valence-electron chi connectivity index (χ3n) is 10.5. The van der Waals surface area contributed by atoms with E-state index in [0.717, 1.165) is 37.8 Å². The summed E-state index contributed by atoms with van der Waals surface area (Å²) in [6.07, 6.45) is 11.9. The fourth-order valence-corrected chi connectivity index (χ4v) is 9.24. The van der Waals surface area contributed by atoms with E-state index in [4.69, 9.17) is 10.5 Å². The molecule has 36 heavy (non-hydrogen) atoms. The highest BCUT2D eigenvalue weighted by Crippen LogP contribution is 2.63. The summed E-state index contributed by atoms with van der Waals surface area (Å²) in [5, 5.41) is 24.1. The molecule has 1 aromatic rings. The first-order valence-corrected chi connectivity index (χ1v) is 14.0. The van der Waals surface area contributed by atoms with Gasteiger partial charge in [-0.3, -0.25) is 0 Å². The Morgan fingerprint density at radius 2 is 2.00 bits per heavy atom. The highest BCUT2D eigenvalue weighted by atomic mass is 16.5. The molecule has 7 aliphatic rings. The molecule has 0 unspecified atom stereocenters. The number of aliphatic hydroxyl groups excluding tert-OH is 1. The lowest BCUT2D eigenvalue weighted by atomic mass is 9.48. The average Bonchev–Trinajstić information content (AvgIpc) is 2.85. The molecule has 8 rings (SSSR count). The number of nitrogens with one attached hydrogen (secondary N) is 1. The van der Waals surface area contributed by atoms with E-state index in [-0.39, 0.29) is 35.6 Å². The van der Waals surface area contributed by atoms with Gasteiger partial charge in [-0.25, -0.2) is 0 Å². The number of nitrogens with two attached hydrogens (primary N) is 1. The van der Waals surface area contributed by atoms with Crippen molar-refractivity contribution in [2.24, 2.45) is 29.4 Å². The molecule has 5 aliphatic carbocycles. The number of hydrogen-bond donors (Lipinski definition) is 4. The molecule has 8 atom stereocenters. The number of phenolic OH excluding ortho intramolecular Hbond substituents is 1. The number of aliphatic hydroxyl groups is 1. The van der Waals surface area contributed by atoms with Gasteiger partial charge in [0.25, 0.3) is 0 Å². The number of allylic oxidation sites excluding steroid dienone is 2. The fourth-order valence-electron chi connectivity index (χ4n) is 9.24. The van der Waals surface area contributed by atoms with E-state index < -0.39 is 5.54 Å². The van der Waals surface area contributed by atoms with Crippen LogP contribution in [0.2, 0.25) is 0 Å². The molecule has 5 heteroatoms. The van der Waals surface area contributed by atoms with Gasteiger partial charge in [-0.2, -0.15) is 0 Å². The van der Waals surface area contributed by atoms with Gasteiger partial charge in [0.1, 0.15) is 5.75 Å². The summed E-state index contributed by atoms with van der Waals surface area (Å²) >= 11 is 0. The molecular weight excluding hydrogens is 448 g/mol. The van der Waals surface area contributed by atoms with Gasteiger partial charge in [-0.1, -0.05) is 30.4 Å². The Hall–Kier alpha value is -1.84. The van der Waals surface area contributed by atoms with Crippen LogP contribution in [0.1, 0.15) is 87.3 Å². The molecule has 2 saturated heterocycles. The lowest BCUT2D eigenvalue weighted by Gasteiger charge is -2.68. The van der Waals surface area contributed by atoms with Crippen molar-refractivity contribution in [3.05, 3.63) is 41.0 Å². The van der Waals surface area contributed by atoms with Gasteiger partial charge < -0.3 is 26.0 Å². The summed E-state index contributed by atoms with van der Waals surface area (Å²) in [4.78, 5) is 0. The molecular formula is C31H42N2O3. The van der Waals surface area contributed by atoms with Crippen molar-refractivity contribution in [1.82, 2.24) is 5.32 Å². The maximum absolute atomic E-state index is 10.7. The van der Waals surface area contributed by atoms with Gasteiger partial charge in [0, 0.05) is 30.5 Å². The molecule has 1 spiro atoms. The minimum Gasteiger partial charge on any atom is -0.508 e. The molecule has 0 amide bonds. The third kappa shape index (κ3) is 3.45. The van der Waals surface area contributed by atoms with E-state index in [1.54, 1.807) is 0 Å². The highest BCUT2D eigenvalue weighted by molar-refractivity contribution is 5.54. The van der Waals surface area contributed by atoms with E-state index in [0.29, 0.717) is 29.9 Å². The van der Waals surface area contributed by atoms with Gasteiger partial charge in [-0.15, -0.1) is 0 Å². The van der Waals surface area contributed by atoms with Crippen LogP contribution in [0.3, 0.4) is 0 Å². The second-order valence-corrected chi connectivity index (χ2v) is 12.7. The highest BCUT2D eigenvalue weighted by Gasteiger charge is 2.68. The van der Waals surface area contributed by atoms with Crippen molar-refractivity contribution < 1.29 is 14.9 Å². The molecule has 6 bridgehead atoms. The van der Waals surface area contributed by atoms with Crippen molar-refractivity contribution in [2.75, 3.05) is 13.7 Å². The van der Waals surface area contributed by atoms with Crippen LogP contribution in [0.5, 0.6) is 5.75 Å². The van der Waals surface area contributed by atoms with Crippen LogP contribution in [0, 0.1) is 35.5 Å². The maximum atomic E-state index is 10.7. The number of phenols is 1. The largest absolute Gasteiger partial charge is 0.508 e. The van der Waals surface area contributed by atoms with E-state index in [9.17, 15) is 10.2 Å².